The van der Waals surface area contributed by atoms with Crippen LogP contribution in [-0.4, -0.2) is 36.0 Å². The molecule has 1 fully saturated rings. The molecule has 2 N–H and O–H groups in total. The van der Waals surface area contributed by atoms with Gasteiger partial charge in [0.05, 0.1) is 5.56 Å². The van der Waals surface area contributed by atoms with E-state index in [0.717, 1.165) is 37.8 Å². The molecule has 1 aromatic heterocycles. The minimum absolute atomic E-state index is 0.0762. The highest BCUT2D eigenvalue weighted by Gasteiger charge is 2.33. The summed E-state index contributed by atoms with van der Waals surface area (Å²) in [6.07, 6.45) is -0.765. The van der Waals surface area contributed by atoms with Crippen LogP contribution in [0.2, 0.25) is 0 Å². The van der Waals surface area contributed by atoms with E-state index in [1.54, 1.807) is 19.3 Å². The summed E-state index contributed by atoms with van der Waals surface area (Å²) in [5, 5.41) is 5.55. The van der Waals surface area contributed by atoms with Gasteiger partial charge in [-0.25, -0.2) is 4.98 Å². The fourth-order valence-electron chi connectivity index (χ4n) is 3.49. The molecule has 29 heavy (non-hydrogen) atoms. The highest BCUT2D eigenvalue weighted by molar-refractivity contribution is 5.76. The van der Waals surface area contributed by atoms with Crippen molar-refractivity contribution in [2.75, 3.05) is 30.4 Å². The Morgan fingerprint density at radius 1 is 1.21 bits per heavy atom. The summed E-state index contributed by atoms with van der Waals surface area (Å²) in [6, 6.07) is 7.16. The number of carbonyl (C=O) groups is 1. The summed E-state index contributed by atoms with van der Waals surface area (Å²) in [4.78, 5) is 22.9. The Labute approximate surface area is 167 Å². The highest BCUT2D eigenvalue weighted by atomic mass is 19.4. The van der Waals surface area contributed by atoms with Crippen LogP contribution < -0.4 is 15.5 Å². The van der Waals surface area contributed by atoms with Gasteiger partial charge in [0.15, 0.2) is 0 Å². The largest absolute Gasteiger partial charge is 0.416 e. The van der Waals surface area contributed by atoms with Gasteiger partial charge in [-0.05, 0) is 36.5 Å². The summed E-state index contributed by atoms with van der Waals surface area (Å²) < 4.78 is 39.1. The molecule has 156 valence electrons. The SMILES string of the molecule is CNc1nccc(N2CCC(CC(=O)NCc3ccccc3C(F)(F)F)CC2)n1. The maximum absolute atomic E-state index is 13.0. The first-order valence-corrected chi connectivity index (χ1v) is 9.54. The van der Waals surface area contributed by atoms with Gasteiger partial charge in [0.2, 0.25) is 11.9 Å². The number of halogens is 3. The zero-order valence-corrected chi connectivity index (χ0v) is 16.2. The van der Waals surface area contributed by atoms with Gasteiger partial charge in [-0.1, -0.05) is 18.2 Å². The minimum Gasteiger partial charge on any atom is -0.357 e. The first-order chi connectivity index (χ1) is 13.9. The second-order valence-corrected chi connectivity index (χ2v) is 7.05. The molecule has 0 bridgehead atoms. The summed E-state index contributed by atoms with van der Waals surface area (Å²) in [5.74, 6) is 1.38. The molecule has 0 aliphatic carbocycles. The number of rotatable bonds is 6. The normalized spacial score (nSPS) is 15.2. The van der Waals surface area contributed by atoms with E-state index < -0.39 is 11.7 Å². The van der Waals surface area contributed by atoms with Crippen molar-refractivity contribution >= 4 is 17.7 Å². The van der Waals surface area contributed by atoms with Crippen molar-refractivity contribution in [1.29, 1.82) is 0 Å². The van der Waals surface area contributed by atoms with Crippen LogP contribution in [0, 0.1) is 5.92 Å². The molecule has 6 nitrogen and oxygen atoms in total. The van der Waals surface area contributed by atoms with E-state index in [2.05, 4.69) is 25.5 Å². The Bertz CT molecular complexity index is 835. The number of benzene rings is 1. The van der Waals surface area contributed by atoms with E-state index in [0.29, 0.717) is 12.4 Å². The van der Waals surface area contributed by atoms with E-state index in [1.807, 2.05) is 6.07 Å². The van der Waals surface area contributed by atoms with Gasteiger partial charge in [0.1, 0.15) is 5.82 Å². The molecule has 3 rings (SSSR count). The Morgan fingerprint density at radius 2 is 1.93 bits per heavy atom. The van der Waals surface area contributed by atoms with Crippen LogP contribution in [0.5, 0.6) is 0 Å². The van der Waals surface area contributed by atoms with Gasteiger partial charge in [-0.15, -0.1) is 0 Å². The maximum atomic E-state index is 13.0. The number of amides is 1. The number of carbonyl (C=O) groups excluding carboxylic acids is 1. The van der Waals surface area contributed by atoms with Gasteiger partial charge in [0, 0.05) is 39.3 Å². The lowest BCUT2D eigenvalue weighted by molar-refractivity contribution is -0.138. The van der Waals surface area contributed by atoms with Crippen LogP contribution in [0.15, 0.2) is 36.5 Å². The van der Waals surface area contributed by atoms with Crippen molar-refractivity contribution in [3.05, 3.63) is 47.7 Å². The van der Waals surface area contributed by atoms with Crippen LogP contribution in [0.25, 0.3) is 0 Å². The average Bonchev–Trinajstić information content (AvgIpc) is 2.72. The van der Waals surface area contributed by atoms with Crippen LogP contribution in [0.4, 0.5) is 24.9 Å². The number of nitrogens with one attached hydrogen (secondary N) is 2. The average molecular weight is 407 g/mol. The lowest BCUT2D eigenvalue weighted by Crippen LogP contribution is -2.36. The predicted octanol–water partition coefficient (Wildman–Crippen LogP) is 3.46. The molecule has 1 aliphatic rings. The third-order valence-corrected chi connectivity index (χ3v) is 5.08. The van der Waals surface area contributed by atoms with Crippen molar-refractivity contribution in [3.63, 3.8) is 0 Å². The first-order valence-electron chi connectivity index (χ1n) is 9.54. The molecule has 2 heterocycles. The summed E-state index contributed by atoms with van der Waals surface area (Å²) in [7, 11) is 1.76. The molecule has 1 amide bonds. The topological polar surface area (TPSA) is 70.2 Å². The Kier molecular flexibility index (Phi) is 6.56. The van der Waals surface area contributed by atoms with Crippen LogP contribution in [0.3, 0.4) is 0 Å². The number of aromatic nitrogens is 2. The quantitative estimate of drug-likeness (QED) is 0.768. The number of hydrogen-bond acceptors (Lipinski definition) is 5. The van der Waals surface area contributed by atoms with Gasteiger partial charge < -0.3 is 15.5 Å². The Morgan fingerprint density at radius 3 is 2.62 bits per heavy atom. The predicted molar refractivity (Wildman–Crippen MR) is 104 cm³/mol. The molecule has 9 heteroatoms. The van der Waals surface area contributed by atoms with Gasteiger partial charge >= 0.3 is 6.18 Å². The third kappa shape index (κ3) is 5.58. The molecule has 0 saturated carbocycles. The minimum atomic E-state index is -4.43. The lowest BCUT2D eigenvalue weighted by atomic mass is 9.93. The molecular formula is C20H24F3N5O. The van der Waals surface area contributed by atoms with Crippen molar-refractivity contribution < 1.29 is 18.0 Å². The zero-order valence-electron chi connectivity index (χ0n) is 16.2. The Balaban J connectivity index is 1.48. The highest BCUT2D eigenvalue weighted by Crippen LogP contribution is 2.32. The van der Waals surface area contributed by atoms with E-state index in [9.17, 15) is 18.0 Å². The standard InChI is InChI=1S/C20H24F3N5O/c1-24-19-25-9-6-17(27-19)28-10-7-14(8-11-28)12-18(29)26-13-15-4-2-3-5-16(15)20(21,22)23/h2-6,9,14H,7-8,10-13H2,1H3,(H,26,29)(H,24,25,27). The fourth-order valence-corrected chi connectivity index (χ4v) is 3.49. The second-order valence-electron chi connectivity index (χ2n) is 7.05. The number of alkyl halides is 3. The molecule has 1 aliphatic heterocycles. The Hall–Kier alpha value is -2.84. The van der Waals surface area contributed by atoms with Gasteiger partial charge in [0.25, 0.3) is 0 Å². The van der Waals surface area contributed by atoms with Gasteiger partial charge in [-0.3, -0.25) is 4.79 Å². The molecule has 2 aromatic rings. The first kappa shape index (κ1) is 20.9. The van der Waals surface area contributed by atoms with E-state index >= 15 is 0 Å². The molecule has 1 saturated heterocycles. The van der Waals surface area contributed by atoms with Gasteiger partial charge in [-0.2, -0.15) is 18.2 Å². The number of piperidine rings is 1. The molecular weight excluding hydrogens is 383 g/mol. The smallest absolute Gasteiger partial charge is 0.357 e. The number of anilines is 2. The molecule has 0 radical (unpaired) electrons. The van der Waals surface area contributed by atoms with Crippen molar-refractivity contribution in [1.82, 2.24) is 15.3 Å². The second kappa shape index (κ2) is 9.11. The summed E-state index contributed by atoms with van der Waals surface area (Å²) >= 11 is 0. The van der Waals surface area contributed by atoms with Crippen molar-refractivity contribution in [2.45, 2.75) is 32.0 Å². The molecule has 0 spiro atoms. The molecule has 1 aromatic carbocycles. The van der Waals surface area contributed by atoms with E-state index in [4.69, 9.17) is 0 Å². The van der Waals surface area contributed by atoms with E-state index in [1.165, 1.54) is 12.1 Å². The monoisotopic (exact) mass is 407 g/mol. The maximum Gasteiger partial charge on any atom is 0.416 e. The number of nitrogens with zero attached hydrogens (tertiary/aromatic N) is 3. The molecule has 0 atom stereocenters. The third-order valence-electron chi connectivity index (χ3n) is 5.08. The number of hydrogen-bond donors (Lipinski definition) is 2. The zero-order chi connectivity index (χ0) is 20.9. The lowest BCUT2D eigenvalue weighted by Gasteiger charge is -2.32. The summed E-state index contributed by atoms with van der Waals surface area (Å²) in [5.41, 5.74) is -0.633. The van der Waals surface area contributed by atoms with Crippen LogP contribution in [0.1, 0.15) is 30.4 Å². The fraction of sp³-hybridized carbons (Fsp3) is 0.450. The summed E-state index contributed by atoms with van der Waals surface area (Å²) in [6.45, 7) is 1.42. The van der Waals surface area contributed by atoms with E-state index in [-0.39, 0.29) is 23.9 Å². The van der Waals surface area contributed by atoms with Crippen LogP contribution in [-0.2, 0) is 17.5 Å². The van der Waals surface area contributed by atoms with Crippen molar-refractivity contribution in [3.8, 4) is 0 Å². The van der Waals surface area contributed by atoms with Crippen molar-refractivity contribution in [2.24, 2.45) is 5.92 Å². The van der Waals surface area contributed by atoms with Crippen LogP contribution >= 0.6 is 0 Å². The molecule has 0 unspecified atom stereocenters.